The van der Waals surface area contributed by atoms with Gasteiger partial charge in [0, 0.05) is 0 Å². The maximum Gasteiger partial charge on any atom is 2.00 e. The Labute approximate surface area is 67.9 Å². The van der Waals surface area contributed by atoms with Crippen molar-refractivity contribution in [1.29, 1.82) is 0 Å². The average molecular weight is 129 g/mol. The number of hydrogen-bond donors (Lipinski definition) is 0. The van der Waals surface area contributed by atoms with Crippen molar-refractivity contribution in [3.8, 4) is 0 Å². The smallest absolute Gasteiger partial charge is 1.00 e. The van der Waals surface area contributed by atoms with Crippen molar-refractivity contribution < 1.29 is 12.4 Å². The molecule has 2 heteroatoms. The Bertz CT molecular complexity index is 29.3. The fraction of sp³-hybridized carbons (Fsp3) is 0.600. The monoisotopic (exact) mass is 128 g/mol. The molecule has 0 aliphatic carbocycles. The van der Waals surface area contributed by atoms with Crippen molar-refractivity contribution in [3.05, 3.63) is 12.7 Å². The van der Waals surface area contributed by atoms with Crippen LogP contribution in [0.1, 0.15) is 19.8 Å². The fourth-order valence-electron chi connectivity index (χ4n) is 0.167. The first kappa shape index (κ1) is 15.7. The van der Waals surface area contributed by atoms with Crippen LogP contribution in [0.15, 0.2) is 6.08 Å². The van der Waals surface area contributed by atoms with Gasteiger partial charge in [-0.25, -0.2) is 0 Å². The van der Waals surface area contributed by atoms with E-state index >= 15 is 0 Å². The first-order valence-electron chi connectivity index (χ1n) is 1.95. The van der Waals surface area contributed by atoms with E-state index in [1.807, 2.05) is 0 Å². The van der Waals surface area contributed by atoms with E-state index in [1.165, 1.54) is 0 Å². The van der Waals surface area contributed by atoms with Gasteiger partial charge in [0.15, 0.2) is 0 Å². The van der Waals surface area contributed by atoms with Crippen LogP contribution in [0, 0.1) is 6.58 Å². The Hall–Kier alpha value is 0.796. The van der Waals surface area contributed by atoms with Gasteiger partial charge in [-0.1, -0.05) is 19.8 Å². The second kappa shape index (κ2) is 15.8. The largest absolute Gasteiger partial charge is 2.00 e. The van der Waals surface area contributed by atoms with Crippen molar-refractivity contribution in [2.75, 3.05) is 0 Å². The van der Waals surface area contributed by atoms with Crippen LogP contribution in [-0.2, 0) is 0 Å². The molecule has 0 nitrogen and oxygen atoms in total. The summed E-state index contributed by atoms with van der Waals surface area (Å²) in [5, 5.41) is 0. The minimum Gasteiger partial charge on any atom is -1.00 e. The van der Waals surface area contributed by atoms with Gasteiger partial charge >= 0.3 is 23.1 Å². The summed E-state index contributed by atoms with van der Waals surface area (Å²) in [7, 11) is 0. The Balaban J connectivity index is -0.0000000800. The summed E-state index contributed by atoms with van der Waals surface area (Å²) in [6, 6.07) is 0. The zero-order valence-electron chi connectivity index (χ0n) is 4.65. The standard InChI is InChI=1S/C5H9.ClH.Mg/c1-3-5-4-2;;/h1,3H,4-5H2,2H3;1H;/q-1;;+2/p-1. The van der Waals surface area contributed by atoms with Crippen molar-refractivity contribution in [3.63, 3.8) is 0 Å². The van der Waals surface area contributed by atoms with Crippen molar-refractivity contribution in [2.24, 2.45) is 0 Å². The molecule has 0 aromatic rings. The Kier molecular flexibility index (Phi) is 35.4. The number of hydrogen-bond acceptors (Lipinski definition) is 0. The molecular formula is C5H9ClMg. The van der Waals surface area contributed by atoms with Crippen LogP contribution in [0.2, 0.25) is 0 Å². The van der Waals surface area contributed by atoms with E-state index in [9.17, 15) is 0 Å². The third-order valence-corrected chi connectivity index (χ3v) is 0.455. The van der Waals surface area contributed by atoms with E-state index in [4.69, 9.17) is 6.58 Å². The average Bonchev–Trinajstić information content (AvgIpc) is 1.41. The van der Waals surface area contributed by atoms with Crippen LogP contribution in [0.5, 0.6) is 0 Å². The molecule has 0 rings (SSSR count). The normalized spacial score (nSPS) is 5.29. The molecule has 0 N–H and O–H groups in total. The second-order valence-corrected chi connectivity index (χ2v) is 1.02. The molecule has 0 aromatic carbocycles. The topological polar surface area (TPSA) is 0 Å². The summed E-state index contributed by atoms with van der Waals surface area (Å²) < 4.78 is 0. The summed E-state index contributed by atoms with van der Waals surface area (Å²) in [4.78, 5) is 0. The van der Waals surface area contributed by atoms with Gasteiger partial charge in [-0.05, 0) is 0 Å². The van der Waals surface area contributed by atoms with E-state index in [-0.39, 0.29) is 35.5 Å². The molecule has 0 aliphatic rings. The van der Waals surface area contributed by atoms with Gasteiger partial charge in [-0.15, -0.1) is 0 Å². The second-order valence-electron chi connectivity index (χ2n) is 1.02. The summed E-state index contributed by atoms with van der Waals surface area (Å²) in [5.74, 6) is 0. The zero-order valence-corrected chi connectivity index (χ0v) is 6.82. The van der Waals surface area contributed by atoms with Crippen LogP contribution in [0.25, 0.3) is 0 Å². The summed E-state index contributed by atoms with van der Waals surface area (Å²) in [6.07, 6.45) is 3.89. The molecule has 38 valence electrons. The maximum atomic E-state index is 5.01. The Morgan fingerprint density at radius 2 is 2.00 bits per heavy atom. The number of allylic oxidation sites excluding steroid dienone is 1. The molecule has 0 saturated heterocycles. The minimum atomic E-state index is 0. The number of rotatable bonds is 2. The molecule has 0 amide bonds. The van der Waals surface area contributed by atoms with Gasteiger partial charge in [0.1, 0.15) is 0 Å². The Morgan fingerprint density at radius 1 is 1.57 bits per heavy atom. The van der Waals surface area contributed by atoms with Gasteiger partial charge in [0.2, 0.25) is 0 Å². The molecule has 0 radical (unpaired) electrons. The zero-order chi connectivity index (χ0) is 4.12. The van der Waals surface area contributed by atoms with Gasteiger partial charge in [0.25, 0.3) is 0 Å². The van der Waals surface area contributed by atoms with E-state index in [2.05, 4.69) is 6.92 Å². The summed E-state index contributed by atoms with van der Waals surface area (Å²) in [6.45, 7) is 7.11. The van der Waals surface area contributed by atoms with Crippen molar-refractivity contribution in [2.45, 2.75) is 19.8 Å². The molecule has 0 saturated carbocycles. The first-order valence-corrected chi connectivity index (χ1v) is 1.95. The molecule has 0 aromatic heterocycles. The third kappa shape index (κ3) is 20.0. The van der Waals surface area contributed by atoms with Crippen molar-refractivity contribution >= 4 is 23.1 Å². The quantitative estimate of drug-likeness (QED) is 0.311. The van der Waals surface area contributed by atoms with E-state index < -0.39 is 0 Å². The van der Waals surface area contributed by atoms with Crippen molar-refractivity contribution in [1.82, 2.24) is 0 Å². The molecule has 7 heavy (non-hydrogen) atoms. The third-order valence-electron chi connectivity index (χ3n) is 0.455. The predicted molar refractivity (Wildman–Crippen MR) is 29.5 cm³/mol. The van der Waals surface area contributed by atoms with Gasteiger partial charge in [-0.3, -0.25) is 6.08 Å². The van der Waals surface area contributed by atoms with Crippen LogP contribution in [0.4, 0.5) is 0 Å². The summed E-state index contributed by atoms with van der Waals surface area (Å²) in [5.41, 5.74) is 0. The Morgan fingerprint density at radius 3 is 2.00 bits per heavy atom. The van der Waals surface area contributed by atoms with E-state index in [0.717, 1.165) is 12.8 Å². The van der Waals surface area contributed by atoms with Gasteiger partial charge < -0.3 is 19.0 Å². The minimum absolute atomic E-state index is 0. The number of halogens is 1. The predicted octanol–water partition coefficient (Wildman–Crippen LogP) is -1.60. The molecule has 0 heterocycles. The molecule has 0 bridgehead atoms. The fourth-order valence-corrected chi connectivity index (χ4v) is 0.167. The molecular weight excluding hydrogens is 120 g/mol. The molecule has 0 fully saturated rings. The molecule has 0 spiro atoms. The van der Waals surface area contributed by atoms with Crippen LogP contribution >= 0.6 is 0 Å². The molecule has 0 unspecified atom stereocenters. The molecule has 0 atom stereocenters. The number of unbranched alkanes of at least 4 members (excludes halogenated alkanes) is 1. The van der Waals surface area contributed by atoms with Crippen LogP contribution in [-0.4, -0.2) is 23.1 Å². The van der Waals surface area contributed by atoms with Gasteiger partial charge in [0.05, 0.1) is 0 Å². The van der Waals surface area contributed by atoms with E-state index in [0.29, 0.717) is 0 Å². The van der Waals surface area contributed by atoms with Crippen LogP contribution in [0.3, 0.4) is 0 Å². The van der Waals surface area contributed by atoms with E-state index in [1.54, 1.807) is 6.08 Å². The van der Waals surface area contributed by atoms with Gasteiger partial charge in [-0.2, -0.15) is 0 Å². The first-order chi connectivity index (χ1) is 2.41. The maximum absolute atomic E-state index is 5.01. The summed E-state index contributed by atoms with van der Waals surface area (Å²) >= 11 is 0. The molecule has 0 aliphatic heterocycles. The SMILES string of the molecule is [CH-]=CCCC.[Cl-].[Mg+2]. The van der Waals surface area contributed by atoms with Crippen LogP contribution < -0.4 is 12.4 Å².